The molecule has 3 heterocycles. The number of fused-ring (bicyclic) bond motifs is 3. The Morgan fingerprint density at radius 2 is 1.88 bits per heavy atom. The van der Waals surface area contributed by atoms with Crippen LogP contribution in [0.25, 0.3) is 0 Å². The molecular weight excluding hydrogens is 544 g/mol. The number of amides is 5. The van der Waals surface area contributed by atoms with Crippen LogP contribution in [0, 0.1) is 5.41 Å². The van der Waals surface area contributed by atoms with Crippen molar-refractivity contribution in [2.24, 2.45) is 11.1 Å². The van der Waals surface area contributed by atoms with E-state index in [4.69, 9.17) is 10.5 Å². The molecule has 2 saturated heterocycles. The van der Waals surface area contributed by atoms with Gasteiger partial charge in [0.1, 0.15) is 23.9 Å². The number of carbonyl (C=O) groups excluding carboxylic acids is 5. The molecule has 13 nitrogen and oxygen atoms in total. The van der Waals surface area contributed by atoms with Crippen LogP contribution in [0.4, 0.5) is 0 Å². The molecule has 3 aliphatic rings. The maximum Gasteiger partial charge on any atom is 0.258 e. The zero-order valence-corrected chi connectivity index (χ0v) is 24.3. The highest BCUT2D eigenvalue weighted by atomic mass is 16.5. The molecule has 0 aromatic heterocycles. The third-order valence-corrected chi connectivity index (χ3v) is 8.41. The molecule has 1 aromatic rings. The van der Waals surface area contributed by atoms with Crippen molar-refractivity contribution in [2.45, 2.75) is 70.1 Å². The number of piperidine rings is 1. The largest absolute Gasteiger partial charge is 0.484 e. The third kappa shape index (κ3) is 7.37. The minimum atomic E-state index is -1.21. The summed E-state index contributed by atoms with van der Waals surface area (Å²) in [5.41, 5.74) is 6.31. The first-order valence-electron chi connectivity index (χ1n) is 14.6. The number of nitrogens with one attached hydrogen (secondary N) is 3. The van der Waals surface area contributed by atoms with Gasteiger partial charge >= 0.3 is 0 Å². The van der Waals surface area contributed by atoms with Crippen LogP contribution in [0.15, 0.2) is 24.3 Å². The first-order valence-corrected chi connectivity index (χ1v) is 14.6. The number of carbonyl (C=O) groups is 5. The van der Waals surface area contributed by atoms with E-state index in [1.165, 1.54) is 4.90 Å². The molecule has 0 aliphatic carbocycles. The van der Waals surface area contributed by atoms with Gasteiger partial charge in [-0.3, -0.25) is 24.0 Å². The Morgan fingerprint density at radius 1 is 1.14 bits per heavy atom. The summed E-state index contributed by atoms with van der Waals surface area (Å²) in [5.74, 6) is -1.61. The maximum atomic E-state index is 13.2. The van der Waals surface area contributed by atoms with E-state index in [1.807, 2.05) is 18.2 Å². The van der Waals surface area contributed by atoms with Gasteiger partial charge in [0, 0.05) is 26.2 Å². The zero-order valence-electron chi connectivity index (χ0n) is 24.3. The number of aliphatic hydroxyl groups is 1. The van der Waals surface area contributed by atoms with Gasteiger partial charge in [-0.05, 0) is 69.1 Å². The Balaban J connectivity index is 1.60. The number of benzene rings is 1. The topological polar surface area (TPSA) is 183 Å². The van der Waals surface area contributed by atoms with Gasteiger partial charge in [-0.25, -0.2) is 0 Å². The highest BCUT2D eigenvalue weighted by Gasteiger charge is 2.40. The zero-order chi connectivity index (χ0) is 30.4. The first-order chi connectivity index (χ1) is 20.0. The quantitative estimate of drug-likeness (QED) is 0.282. The van der Waals surface area contributed by atoms with Crippen molar-refractivity contribution in [3.63, 3.8) is 0 Å². The normalized spacial score (nSPS) is 26.5. The number of ether oxygens (including phenoxy) is 1. The van der Waals surface area contributed by atoms with Crippen molar-refractivity contribution >= 4 is 29.5 Å². The molecule has 2 bridgehead atoms. The predicted octanol–water partition coefficient (Wildman–Crippen LogP) is -1.33. The smallest absolute Gasteiger partial charge is 0.258 e. The van der Waals surface area contributed by atoms with Crippen LogP contribution in [0.2, 0.25) is 0 Å². The molecule has 6 N–H and O–H groups in total. The molecule has 3 aliphatic heterocycles. The number of nitrogens with two attached hydrogens (primary N) is 1. The van der Waals surface area contributed by atoms with Crippen LogP contribution in [0.3, 0.4) is 0 Å². The molecule has 2 fully saturated rings. The Morgan fingerprint density at radius 3 is 2.57 bits per heavy atom. The van der Waals surface area contributed by atoms with E-state index < -0.39 is 59.8 Å². The lowest BCUT2D eigenvalue weighted by molar-refractivity contribution is -0.142. The van der Waals surface area contributed by atoms with Gasteiger partial charge in [0.15, 0.2) is 6.61 Å². The lowest BCUT2D eigenvalue weighted by Crippen LogP contribution is -2.58. The molecule has 0 unspecified atom stereocenters. The Hall–Kier alpha value is -3.71. The Bertz CT molecular complexity index is 1180. The van der Waals surface area contributed by atoms with Crippen LogP contribution in [0.1, 0.15) is 45.1 Å². The van der Waals surface area contributed by atoms with E-state index in [2.05, 4.69) is 16.0 Å². The van der Waals surface area contributed by atoms with E-state index in [1.54, 1.807) is 24.8 Å². The SMILES string of the molecule is C[C@H](N)C(=O)N1CCC2(CC1)CNC(=O)[C@H](CO)NC(=O)[C@@H]1CCCN1C(=O)[C@H](C)NC(=O)COc1cccc(c1)C2. The number of rotatable bonds is 2. The number of hydrogen-bond acceptors (Lipinski definition) is 8. The van der Waals surface area contributed by atoms with Crippen LogP contribution >= 0.6 is 0 Å². The second kappa shape index (κ2) is 13.5. The molecule has 5 amide bonds. The lowest BCUT2D eigenvalue weighted by Gasteiger charge is -2.43. The summed E-state index contributed by atoms with van der Waals surface area (Å²) in [6, 6.07) is 3.81. The lowest BCUT2D eigenvalue weighted by atomic mass is 9.73. The summed E-state index contributed by atoms with van der Waals surface area (Å²) in [4.78, 5) is 67.8. The van der Waals surface area contributed by atoms with Crippen LogP contribution in [-0.2, 0) is 30.4 Å². The molecule has 0 saturated carbocycles. The fourth-order valence-corrected chi connectivity index (χ4v) is 5.99. The second-order valence-corrected chi connectivity index (χ2v) is 11.7. The molecule has 4 rings (SSSR count). The van der Waals surface area contributed by atoms with E-state index in [-0.39, 0.29) is 19.1 Å². The molecule has 230 valence electrons. The average molecular weight is 587 g/mol. The van der Waals surface area contributed by atoms with Crippen molar-refractivity contribution in [3.05, 3.63) is 29.8 Å². The van der Waals surface area contributed by atoms with Crippen LogP contribution in [-0.4, -0.2) is 108 Å². The minimum Gasteiger partial charge on any atom is -0.484 e. The summed E-state index contributed by atoms with van der Waals surface area (Å²) in [6.45, 7) is 3.81. The molecular formula is C29H42N6O7. The van der Waals surface area contributed by atoms with Crippen molar-refractivity contribution in [1.29, 1.82) is 0 Å². The average Bonchev–Trinajstić information content (AvgIpc) is 3.47. The van der Waals surface area contributed by atoms with E-state index >= 15 is 0 Å². The molecule has 1 spiro atoms. The van der Waals surface area contributed by atoms with Gasteiger partial charge in [-0.1, -0.05) is 12.1 Å². The third-order valence-electron chi connectivity index (χ3n) is 8.41. The summed E-state index contributed by atoms with van der Waals surface area (Å²) < 4.78 is 5.74. The molecule has 0 radical (unpaired) electrons. The van der Waals surface area contributed by atoms with Gasteiger partial charge in [0.25, 0.3) is 5.91 Å². The molecule has 4 atom stereocenters. The van der Waals surface area contributed by atoms with Crippen molar-refractivity contribution < 1.29 is 33.8 Å². The number of likely N-dealkylation sites (tertiary alicyclic amines) is 1. The highest BCUT2D eigenvalue weighted by molar-refractivity contribution is 5.94. The van der Waals surface area contributed by atoms with Gasteiger partial charge in [-0.15, -0.1) is 0 Å². The molecule has 1 aromatic carbocycles. The standard InChI is InChI=1S/C29H42N6O7/c1-18(30)27(40)34-11-8-29(9-12-34)14-20-5-3-6-21(13-20)42-16-24(37)32-19(2)28(41)35-10-4-7-23(35)26(39)33-22(15-36)25(38)31-17-29/h3,5-6,13,18-19,22-23,36H,4,7-12,14-17,30H2,1-2H3,(H,31,38)(H,32,37)(H,33,39)/t18-,19-,22-,23-/m0/s1. The van der Waals surface area contributed by atoms with Crippen LogP contribution < -0.4 is 26.4 Å². The molecule has 42 heavy (non-hydrogen) atoms. The van der Waals surface area contributed by atoms with Gasteiger partial charge in [0.2, 0.25) is 23.6 Å². The fraction of sp³-hybridized carbons (Fsp3) is 0.621. The summed E-state index contributed by atoms with van der Waals surface area (Å²) in [6.07, 6.45) is 2.72. The Kier molecular flexibility index (Phi) is 10.0. The number of hydrogen-bond donors (Lipinski definition) is 5. The summed E-state index contributed by atoms with van der Waals surface area (Å²) >= 11 is 0. The van der Waals surface area contributed by atoms with Crippen LogP contribution in [0.5, 0.6) is 5.75 Å². The monoisotopic (exact) mass is 586 g/mol. The summed E-state index contributed by atoms with van der Waals surface area (Å²) in [5, 5.41) is 18.2. The second-order valence-electron chi connectivity index (χ2n) is 11.7. The predicted molar refractivity (Wildman–Crippen MR) is 152 cm³/mol. The molecule has 13 heteroatoms. The fourth-order valence-electron chi connectivity index (χ4n) is 5.99. The minimum absolute atomic E-state index is 0.129. The highest BCUT2D eigenvalue weighted by Crippen LogP contribution is 2.36. The van der Waals surface area contributed by atoms with Gasteiger partial charge in [-0.2, -0.15) is 0 Å². The Labute approximate surface area is 245 Å². The van der Waals surface area contributed by atoms with Crippen molar-refractivity contribution in [3.8, 4) is 5.75 Å². The van der Waals surface area contributed by atoms with Crippen molar-refractivity contribution in [2.75, 3.05) is 39.4 Å². The summed E-state index contributed by atoms with van der Waals surface area (Å²) in [7, 11) is 0. The number of aliphatic hydroxyl groups excluding tert-OH is 1. The van der Waals surface area contributed by atoms with Crippen molar-refractivity contribution in [1.82, 2.24) is 25.8 Å². The van der Waals surface area contributed by atoms with E-state index in [0.717, 1.165) is 5.56 Å². The van der Waals surface area contributed by atoms with Gasteiger partial charge in [0.05, 0.1) is 12.6 Å². The van der Waals surface area contributed by atoms with Gasteiger partial charge < -0.3 is 41.3 Å². The number of nitrogens with zero attached hydrogens (tertiary/aromatic N) is 2. The first kappa shape index (κ1) is 31.2. The van der Waals surface area contributed by atoms with E-state index in [9.17, 15) is 29.1 Å². The van der Waals surface area contributed by atoms with E-state index in [0.29, 0.717) is 57.5 Å². The maximum absolute atomic E-state index is 13.2.